The number of hydrogen-bond acceptors (Lipinski definition) is 8. The Balaban J connectivity index is 0.000000270. The fourth-order valence-corrected chi connectivity index (χ4v) is 3.18. The Kier molecular flexibility index (Phi) is 9.93. The highest BCUT2D eigenvalue weighted by Crippen LogP contribution is 2.37. The van der Waals surface area contributed by atoms with Crippen molar-refractivity contribution in [3.8, 4) is 23.6 Å². The van der Waals surface area contributed by atoms with E-state index >= 15 is 0 Å². The van der Waals surface area contributed by atoms with Crippen LogP contribution in [0.15, 0.2) is 40.9 Å². The molecule has 0 atom stereocenters. The third-order valence-electron chi connectivity index (χ3n) is 5.37. The van der Waals surface area contributed by atoms with Crippen LogP contribution >= 0.6 is 15.9 Å². The number of halogens is 1. The van der Waals surface area contributed by atoms with Gasteiger partial charge in [-0.15, -0.1) is 0 Å². The molecular weight excluding hydrogens is 503 g/mol. The second kappa shape index (κ2) is 12.2. The summed E-state index contributed by atoms with van der Waals surface area (Å²) in [6, 6.07) is 14.4. The first-order valence-corrected chi connectivity index (χ1v) is 11.2. The molecule has 0 spiro atoms. The van der Waals surface area contributed by atoms with Gasteiger partial charge in [0.05, 0.1) is 38.9 Å². The lowest BCUT2D eigenvalue weighted by atomic mass is 9.78. The summed E-state index contributed by atoms with van der Waals surface area (Å²) in [7, 11) is 2.56. The van der Waals surface area contributed by atoms with Crippen LogP contribution in [0, 0.1) is 22.7 Å². The van der Waals surface area contributed by atoms with Gasteiger partial charge in [0, 0.05) is 19.7 Å². The molecule has 1 saturated heterocycles. The van der Waals surface area contributed by atoms with Crippen LogP contribution in [-0.2, 0) is 18.8 Å². The van der Waals surface area contributed by atoms with Gasteiger partial charge in [-0.05, 0) is 74.0 Å². The quantitative estimate of drug-likeness (QED) is 0.388. The van der Waals surface area contributed by atoms with Gasteiger partial charge in [-0.1, -0.05) is 6.07 Å². The van der Waals surface area contributed by atoms with Gasteiger partial charge >= 0.3 is 7.12 Å². The molecule has 0 aromatic heterocycles. The van der Waals surface area contributed by atoms with Crippen molar-refractivity contribution in [1.29, 1.82) is 10.5 Å². The van der Waals surface area contributed by atoms with E-state index in [1.165, 1.54) is 0 Å². The molecule has 180 valence electrons. The van der Waals surface area contributed by atoms with Crippen LogP contribution in [0.1, 0.15) is 38.8 Å². The predicted molar refractivity (Wildman–Crippen MR) is 131 cm³/mol. The summed E-state index contributed by atoms with van der Waals surface area (Å²) in [4.78, 5) is 0. The lowest BCUT2D eigenvalue weighted by Crippen LogP contribution is -2.41. The van der Waals surface area contributed by atoms with Crippen LogP contribution in [0.2, 0.25) is 0 Å². The van der Waals surface area contributed by atoms with E-state index < -0.39 is 18.3 Å². The van der Waals surface area contributed by atoms with Gasteiger partial charge in [0.1, 0.15) is 11.5 Å². The van der Waals surface area contributed by atoms with E-state index in [1.807, 2.05) is 33.8 Å². The second-order valence-corrected chi connectivity index (χ2v) is 9.17. The van der Waals surface area contributed by atoms with E-state index in [0.717, 1.165) is 9.94 Å². The van der Waals surface area contributed by atoms with Crippen LogP contribution in [0.5, 0.6) is 11.5 Å². The molecule has 0 radical (unpaired) electrons. The van der Waals surface area contributed by atoms with Crippen LogP contribution in [0.25, 0.3) is 0 Å². The van der Waals surface area contributed by atoms with Crippen molar-refractivity contribution < 1.29 is 28.3 Å². The van der Waals surface area contributed by atoms with E-state index in [2.05, 4.69) is 22.0 Å². The summed E-state index contributed by atoms with van der Waals surface area (Å²) in [6.07, 6.45) is 0. The highest BCUT2D eigenvalue weighted by Gasteiger charge is 2.52. The molecule has 2 aromatic rings. The fourth-order valence-electron chi connectivity index (χ4n) is 2.82. The van der Waals surface area contributed by atoms with Gasteiger partial charge in [-0.3, -0.25) is 0 Å². The molecule has 1 fully saturated rings. The van der Waals surface area contributed by atoms with Crippen molar-refractivity contribution in [3.05, 3.63) is 52.0 Å². The van der Waals surface area contributed by atoms with Gasteiger partial charge in [-0.2, -0.15) is 10.5 Å². The zero-order chi connectivity index (χ0) is 25.4. The van der Waals surface area contributed by atoms with Crippen LogP contribution in [0.4, 0.5) is 0 Å². The number of nitrogens with zero attached hydrogens (tertiary/aromatic N) is 2. The minimum atomic E-state index is -0.533. The Hall–Kier alpha value is -2.60. The molecule has 1 aliphatic heterocycles. The van der Waals surface area contributed by atoms with Gasteiger partial charge in [-0.25, -0.2) is 0 Å². The summed E-state index contributed by atoms with van der Waals surface area (Å²) < 4.78 is 33.3. The van der Waals surface area contributed by atoms with Crippen molar-refractivity contribution in [1.82, 2.24) is 0 Å². The van der Waals surface area contributed by atoms with Crippen LogP contribution < -0.4 is 14.9 Å². The molecule has 2 aromatic carbocycles. The van der Waals surface area contributed by atoms with Crippen molar-refractivity contribution in [2.45, 2.75) is 38.9 Å². The van der Waals surface area contributed by atoms with E-state index in [4.69, 9.17) is 38.8 Å². The molecule has 0 bridgehead atoms. The maximum atomic E-state index is 9.01. The van der Waals surface area contributed by atoms with Crippen molar-refractivity contribution in [3.63, 3.8) is 0 Å². The Morgan fingerprint density at radius 1 is 0.824 bits per heavy atom. The average molecular weight is 531 g/mol. The maximum absolute atomic E-state index is 9.01. The Labute approximate surface area is 209 Å². The zero-order valence-electron chi connectivity index (χ0n) is 20.2. The van der Waals surface area contributed by atoms with Crippen LogP contribution in [0.3, 0.4) is 0 Å². The molecule has 3 rings (SSSR count). The normalized spacial score (nSPS) is 15.5. The summed E-state index contributed by atoms with van der Waals surface area (Å²) in [6.45, 7) is 8.24. The van der Waals surface area contributed by atoms with E-state index in [9.17, 15) is 0 Å². The molecular formula is C24H28BBrN2O6. The van der Waals surface area contributed by atoms with Gasteiger partial charge < -0.3 is 28.3 Å². The lowest BCUT2D eigenvalue weighted by molar-refractivity contribution is 0.00578. The lowest BCUT2D eigenvalue weighted by Gasteiger charge is -2.32. The second-order valence-electron chi connectivity index (χ2n) is 8.31. The fraction of sp³-hybridized carbons (Fsp3) is 0.417. The Morgan fingerprint density at radius 2 is 1.29 bits per heavy atom. The van der Waals surface area contributed by atoms with E-state index in [-0.39, 0.29) is 13.6 Å². The predicted octanol–water partition coefficient (Wildman–Crippen LogP) is 4.14. The zero-order valence-corrected chi connectivity index (χ0v) is 21.8. The molecule has 10 heteroatoms. The first-order valence-electron chi connectivity index (χ1n) is 10.4. The van der Waals surface area contributed by atoms with E-state index in [0.29, 0.717) is 22.6 Å². The number of hydrogen-bond donors (Lipinski definition) is 0. The third kappa shape index (κ3) is 6.96. The molecule has 0 amide bonds. The van der Waals surface area contributed by atoms with Gasteiger partial charge in [0.15, 0.2) is 13.6 Å². The number of benzene rings is 2. The smallest absolute Gasteiger partial charge is 0.468 e. The minimum Gasteiger partial charge on any atom is -0.468 e. The average Bonchev–Trinajstić information content (AvgIpc) is 3.03. The molecule has 0 unspecified atom stereocenters. The van der Waals surface area contributed by atoms with E-state index in [1.54, 1.807) is 50.6 Å². The summed E-state index contributed by atoms with van der Waals surface area (Å²) in [5.74, 6) is 1.15. The first kappa shape index (κ1) is 27.6. The summed E-state index contributed by atoms with van der Waals surface area (Å²) in [5, 5.41) is 17.6. The summed E-state index contributed by atoms with van der Waals surface area (Å²) in [5.41, 5.74) is 0.981. The monoisotopic (exact) mass is 530 g/mol. The molecule has 0 aliphatic carbocycles. The maximum Gasteiger partial charge on any atom is 0.498 e. The van der Waals surface area contributed by atoms with Crippen molar-refractivity contribution >= 4 is 28.5 Å². The first-order chi connectivity index (χ1) is 16.1. The largest absolute Gasteiger partial charge is 0.498 e. The van der Waals surface area contributed by atoms with Crippen molar-refractivity contribution in [2.24, 2.45) is 0 Å². The SMILES string of the molecule is COCOc1cc(C#N)ccc1B1OC(C)(C)C(C)(C)O1.COCOc1cc(C#N)ccc1Br. The molecule has 1 aliphatic rings. The summed E-state index contributed by atoms with van der Waals surface area (Å²) >= 11 is 3.30. The standard InChI is InChI=1S/C15H20BNO4.C9H8BrNO2/c1-14(2)15(3,4)21-16(20-14)12-7-6-11(9-17)8-13(12)19-10-18-5;1-12-6-13-9-4-7(5-11)2-3-8(9)10/h6-8H,10H2,1-5H3;2-4H,6H2,1H3. The molecule has 0 saturated carbocycles. The number of rotatable bonds is 7. The highest BCUT2D eigenvalue weighted by atomic mass is 79.9. The Morgan fingerprint density at radius 3 is 1.79 bits per heavy atom. The van der Waals surface area contributed by atoms with Gasteiger partial charge in [0.25, 0.3) is 0 Å². The number of methoxy groups -OCH3 is 2. The number of ether oxygens (including phenoxy) is 4. The molecule has 8 nitrogen and oxygen atoms in total. The molecule has 34 heavy (non-hydrogen) atoms. The molecule has 0 N–H and O–H groups in total. The van der Waals surface area contributed by atoms with Crippen molar-refractivity contribution in [2.75, 3.05) is 27.8 Å². The third-order valence-corrected chi connectivity index (χ3v) is 6.03. The topological polar surface area (TPSA) is 103 Å². The van der Waals surface area contributed by atoms with Crippen LogP contribution in [-0.4, -0.2) is 46.1 Å². The highest BCUT2D eigenvalue weighted by molar-refractivity contribution is 9.10. The van der Waals surface area contributed by atoms with Gasteiger partial charge in [0.2, 0.25) is 0 Å². The minimum absolute atomic E-state index is 0.0986. The Bertz CT molecular complexity index is 1050. The number of nitriles is 2. The molecule has 1 heterocycles.